The molecular weight excluding hydrogens is 180 g/mol. The molecule has 0 aromatic rings. The van der Waals surface area contributed by atoms with Gasteiger partial charge in [-0.05, 0) is 39.3 Å². The Balaban J connectivity index is 4.23. The second-order valence-corrected chi connectivity index (χ2v) is 14.9. The maximum atomic E-state index is 3.55. The number of hydrogen-bond donors (Lipinski definition) is 2. The highest BCUT2D eigenvalue weighted by Crippen LogP contribution is 1.92. The second-order valence-electron chi connectivity index (χ2n) is 5.38. The third-order valence-corrected chi connectivity index (χ3v) is 3.38. The molecule has 0 aliphatic heterocycles. The molecule has 2 N–H and O–H groups in total. The van der Waals surface area contributed by atoms with Crippen molar-refractivity contribution in [2.75, 3.05) is 0 Å². The minimum Gasteiger partial charge on any atom is -0.328 e. The molecule has 0 spiro atoms. The highest BCUT2D eigenvalue weighted by molar-refractivity contribution is 6.76. The Labute approximate surface area is 78.7 Å². The van der Waals surface area contributed by atoms with E-state index < -0.39 is 16.5 Å². The van der Waals surface area contributed by atoms with Gasteiger partial charge in [0.15, 0.2) is 0 Å². The van der Waals surface area contributed by atoms with Crippen LogP contribution in [0, 0.1) is 0 Å². The third-order valence-electron chi connectivity index (χ3n) is 1.12. The summed E-state index contributed by atoms with van der Waals surface area (Å²) in [6.07, 6.45) is 0. The van der Waals surface area contributed by atoms with Crippen LogP contribution in [0.3, 0.4) is 0 Å². The Kier molecular flexibility index (Phi) is 3.71. The first-order valence-electron chi connectivity index (χ1n) is 4.50. The first-order valence-corrected chi connectivity index (χ1v) is 11.5. The molecular formula is C8H23N2Si2+. The normalized spacial score (nSPS) is 14.8. The number of nitrogens with one attached hydrogen (secondary N) is 2. The Morgan fingerprint density at radius 3 is 1.67 bits per heavy atom. The van der Waals surface area contributed by atoms with Gasteiger partial charge < -0.3 is 9.64 Å². The van der Waals surface area contributed by atoms with Crippen molar-refractivity contribution in [3.05, 3.63) is 0 Å². The van der Waals surface area contributed by atoms with E-state index in [0.29, 0.717) is 0 Å². The van der Waals surface area contributed by atoms with Crippen LogP contribution in [-0.4, -0.2) is 22.3 Å². The van der Waals surface area contributed by atoms with Crippen molar-refractivity contribution in [1.29, 1.82) is 0 Å². The standard InChI is InChI=1S/C8H22N2Si2/c1-8(9-11(2,3)4)10-12(5,6)7/h1-7H3,(H,9,10)/p+1. The predicted octanol–water partition coefficient (Wildman–Crippen LogP) is 0.745. The summed E-state index contributed by atoms with van der Waals surface area (Å²) in [7, 11) is -2.29. The van der Waals surface area contributed by atoms with Crippen LogP contribution < -0.4 is 9.64 Å². The fourth-order valence-electron chi connectivity index (χ4n) is 1.16. The highest BCUT2D eigenvalue weighted by Gasteiger charge is 2.22. The van der Waals surface area contributed by atoms with Crippen LogP contribution in [0.4, 0.5) is 0 Å². The summed E-state index contributed by atoms with van der Waals surface area (Å²) >= 11 is 0. The fourth-order valence-corrected chi connectivity index (χ4v) is 3.66. The zero-order valence-electron chi connectivity index (χ0n) is 9.50. The second kappa shape index (κ2) is 3.74. The van der Waals surface area contributed by atoms with E-state index >= 15 is 0 Å². The van der Waals surface area contributed by atoms with Gasteiger partial charge in [0.2, 0.25) is 22.3 Å². The van der Waals surface area contributed by atoms with E-state index in [1.165, 1.54) is 5.84 Å². The average molecular weight is 203 g/mol. The SMILES string of the molecule is C/C(N[Si](C)(C)C)=[NH+]\[Si](C)(C)C. The summed E-state index contributed by atoms with van der Waals surface area (Å²) < 4.78 is 3.55. The molecule has 0 amide bonds. The molecule has 0 saturated heterocycles. The zero-order chi connectivity index (χ0) is 9.99. The van der Waals surface area contributed by atoms with Crippen LogP contribution in [0.1, 0.15) is 6.92 Å². The van der Waals surface area contributed by atoms with Crippen LogP contribution in [0.15, 0.2) is 0 Å². The van der Waals surface area contributed by atoms with E-state index in [4.69, 9.17) is 0 Å². The number of amidine groups is 1. The minimum atomic E-state index is -1.15. The summed E-state index contributed by atoms with van der Waals surface area (Å²) in [6.45, 7) is 16.0. The molecule has 12 heavy (non-hydrogen) atoms. The van der Waals surface area contributed by atoms with Crippen LogP contribution in [0.2, 0.25) is 39.3 Å². The Hall–Kier alpha value is -0.0962. The molecule has 0 radical (unpaired) electrons. The molecule has 0 heterocycles. The monoisotopic (exact) mass is 203 g/mol. The van der Waals surface area contributed by atoms with Gasteiger partial charge in [0.1, 0.15) is 0 Å². The minimum absolute atomic E-state index is 1.15. The van der Waals surface area contributed by atoms with Crippen LogP contribution in [-0.2, 0) is 0 Å². The molecule has 0 saturated carbocycles. The van der Waals surface area contributed by atoms with Gasteiger partial charge in [-0.25, -0.2) is 0 Å². The topological polar surface area (TPSA) is 26.0 Å². The molecule has 0 unspecified atom stereocenters. The summed E-state index contributed by atoms with van der Waals surface area (Å²) in [5, 5.41) is 0. The van der Waals surface area contributed by atoms with Gasteiger partial charge in [-0.2, -0.15) is 0 Å². The molecule has 2 nitrogen and oxygen atoms in total. The van der Waals surface area contributed by atoms with E-state index in [9.17, 15) is 0 Å². The third kappa shape index (κ3) is 8.00. The van der Waals surface area contributed by atoms with E-state index in [0.717, 1.165) is 0 Å². The maximum absolute atomic E-state index is 3.55. The Morgan fingerprint density at radius 1 is 1.00 bits per heavy atom. The van der Waals surface area contributed by atoms with Gasteiger partial charge in [-0.3, -0.25) is 0 Å². The zero-order valence-corrected chi connectivity index (χ0v) is 11.5. The van der Waals surface area contributed by atoms with Crippen molar-refractivity contribution < 1.29 is 4.66 Å². The van der Waals surface area contributed by atoms with Crippen molar-refractivity contribution in [3.63, 3.8) is 0 Å². The fraction of sp³-hybridized carbons (Fsp3) is 0.875. The average Bonchev–Trinajstić information content (AvgIpc) is 1.49. The summed E-state index contributed by atoms with van der Waals surface area (Å²) in [5.41, 5.74) is 0. The molecule has 0 rings (SSSR count). The van der Waals surface area contributed by atoms with Crippen LogP contribution in [0.5, 0.6) is 0 Å². The molecule has 0 bridgehead atoms. The van der Waals surface area contributed by atoms with Crippen molar-refractivity contribution in [2.45, 2.75) is 46.2 Å². The molecule has 72 valence electrons. The summed E-state index contributed by atoms with van der Waals surface area (Å²) in [6, 6.07) is 0. The Morgan fingerprint density at radius 2 is 1.42 bits per heavy atom. The van der Waals surface area contributed by atoms with Gasteiger partial charge in [0.25, 0.3) is 0 Å². The van der Waals surface area contributed by atoms with Gasteiger partial charge in [-0.15, -0.1) is 0 Å². The lowest BCUT2D eigenvalue weighted by Gasteiger charge is -2.14. The molecule has 0 aliphatic rings. The lowest BCUT2D eigenvalue weighted by Crippen LogP contribution is -2.90. The molecule has 0 atom stereocenters. The van der Waals surface area contributed by atoms with Crippen LogP contribution in [0.25, 0.3) is 0 Å². The first kappa shape index (κ1) is 11.9. The van der Waals surface area contributed by atoms with E-state index in [-0.39, 0.29) is 0 Å². The van der Waals surface area contributed by atoms with E-state index in [2.05, 4.69) is 55.8 Å². The van der Waals surface area contributed by atoms with Crippen molar-refractivity contribution in [1.82, 2.24) is 4.98 Å². The van der Waals surface area contributed by atoms with E-state index in [1.807, 2.05) is 0 Å². The Bertz CT molecular complexity index is 174. The largest absolute Gasteiger partial charge is 0.328 e. The predicted molar refractivity (Wildman–Crippen MR) is 61.5 cm³/mol. The lowest BCUT2D eigenvalue weighted by atomic mass is 10.7. The molecule has 4 heteroatoms. The van der Waals surface area contributed by atoms with Crippen LogP contribution >= 0.6 is 0 Å². The van der Waals surface area contributed by atoms with Gasteiger partial charge in [-0.1, -0.05) is 0 Å². The molecule has 0 aromatic carbocycles. The van der Waals surface area contributed by atoms with Gasteiger partial charge in [0.05, 0.1) is 0 Å². The number of rotatable bonds is 2. The van der Waals surface area contributed by atoms with Crippen molar-refractivity contribution >= 4 is 22.3 Å². The van der Waals surface area contributed by atoms with Gasteiger partial charge in [0, 0.05) is 6.92 Å². The summed E-state index contributed by atoms with van der Waals surface area (Å²) in [5.74, 6) is 1.26. The smallest absolute Gasteiger partial charge is 0.248 e. The quantitative estimate of drug-likeness (QED) is 0.387. The van der Waals surface area contributed by atoms with Gasteiger partial charge >= 0.3 is 0 Å². The molecule has 0 fully saturated rings. The van der Waals surface area contributed by atoms with Crippen molar-refractivity contribution in [3.8, 4) is 0 Å². The molecule has 0 aromatic heterocycles. The van der Waals surface area contributed by atoms with E-state index in [1.54, 1.807) is 0 Å². The maximum Gasteiger partial charge on any atom is 0.248 e. The highest BCUT2D eigenvalue weighted by atomic mass is 28.3. The summed E-state index contributed by atoms with van der Waals surface area (Å²) in [4.78, 5) is 3.55. The van der Waals surface area contributed by atoms with Crippen molar-refractivity contribution in [2.24, 2.45) is 0 Å². The lowest BCUT2D eigenvalue weighted by molar-refractivity contribution is -0.307. The first-order chi connectivity index (χ1) is 5.10. The molecule has 0 aliphatic carbocycles. The number of hydrogen-bond acceptors (Lipinski definition) is 0.